The number of amides is 1. The van der Waals surface area contributed by atoms with Gasteiger partial charge in [-0.15, -0.1) is 0 Å². The van der Waals surface area contributed by atoms with E-state index in [0.717, 1.165) is 25.1 Å². The Morgan fingerprint density at radius 1 is 1.53 bits per heavy atom. The fraction of sp³-hybridized carbons (Fsp3) is 0.909. The summed E-state index contributed by atoms with van der Waals surface area (Å²) in [6.45, 7) is 6.57. The number of rotatable bonds is 2. The van der Waals surface area contributed by atoms with Gasteiger partial charge in [-0.25, -0.2) is 4.79 Å². The van der Waals surface area contributed by atoms with Gasteiger partial charge in [0.15, 0.2) is 0 Å². The van der Waals surface area contributed by atoms with Crippen molar-refractivity contribution in [3.8, 4) is 0 Å². The van der Waals surface area contributed by atoms with E-state index in [4.69, 9.17) is 4.74 Å². The van der Waals surface area contributed by atoms with Crippen molar-refractivity contribution in [2.24, 2.45) is 0 Å². The molecule has 0 aromatic carbocycles. The van der Waals surface area contributed by atoms with Crippen LogP contribution in [0, 0.1) is 0 Å². The van der Waals surface area contributed by atoms with E-state index in [1.54, 1.807) is 11.8 Å². The molecule has 1 heterocycles. The largest absolute Gasteiger partial charge is 0.444 e. The maximum absolute atomic E-state index is 11.8. The van der Waals surface area contributed by atoms with E-state index in [2.05, 4.69) is 6.26 Å². The van der Waals surface area contributed by atoms with Gasteiger partial charge in [0.25, 0.3) is 0 Å². The third-order valence-corrected chi connectivity index (χ3v) is 3.08. The van der Waals surface area contributed by atoms with Crippen LogP contribution in [0.3, 0.4) is 0 Å². The van der Waals surface area contributed by atoms with Crippen molar-refractivity contribution in [1.29, 1.82) is 0 Å². The van der Waals surface area contributed by atoms with Gasteiger partial charge in [-0.1, -0.05) is 0 Å². The number of carbonyl (C=O) groups excluding carboxylic acids is 1. The highest BCUT2D eigenvalue weighted by Gasteiger charge is 2.31. The Labute approximate surface area is 96.5 Å². The molecule has 1 aliphatic heterocycles. The van der Waals surface area contributed by atoms with Crippen molar-refractivity contribution in [1.82, 2.24) is 4.90 Å². The zero-order chi connectivity index (χ0) is 11.5. The Bertz CT molecular complexity index is 225. The highest BCUT2D eigenvalue weighted by molar-refractivity contribution is 7.98. The topological polar surface area (TPSA) is 29.5 Å². The van der Waals surface area contributed by atoms with Crippen LogP contribution in [0.5, 0.6) is 0 Å². The molecule has 0 aliphatic carbocycles. The number of hydrogen-bond donors (Lipinski definition) is 0. The second kappa shape index (κ2) is 5.10. The van der Waals surface area contributed by atoms with Gasteiger partial charge >= 0.3 is 6.09 Å². The molecule has 88 valence electrons. The Kier molecular flexibility index (Phi) is 4.32. The fourth-order valence-electron chi connectivity index (χ4n) is 1.76. The van der Waals surface area contributed by atoms with Crippen LogP contribution in [0.25, 0.3) is 0 Å². The standard InChI is InChI=1S/C11H21NO2S/c1-11(2,3)14-10(13)12-7-5-6-9(12)8-15-4/h9H,5-8H2,1-4H3/t9-/m1/s1. The SMILES string of the molecule is CSC[C@H]1CCCN1C(=O)OC(C)(C)C. The lowest BCUT2D eigenvalue weighted by molar-refractivity contribution is 0.0242. The van der Waals surface area contributed by atoms with Crippen molar-refractivity contribution >= 4 is 17.9 Å². The van der Waals surface area contributed by atoms with E-state index in [1.165, 1.54) is 0 Å². The molecule has 4 heteroatoms. The Morgan fingerprint density at radius 2 is 2.20 bits per heavy atom. The first-order chi connectivity index (χ1) is 6.94. The molecule has 1 aliphatic rings. The number of ether oxygens (including phenoxy) is 1. The number of carbonyl (C=O) groups is 1. The highest BCUT2D eigenvalue weighted by atomic mass is 32.2. The van der Waals surface area contributed by atoms with Crippen molar-refractivity contribution in [3.05, 3.63) is 0 Å². The van der Waals surface area contributed by atoms with Crippen LogP contribution in [0.2, 0.25) is 0 Å². The summed E-state index contributed by atoms with van der Waals surface area (Å²) in [5, 5.41) is 0. The molecule has 1 rings (SSSR count). The number of thioether (sulfide) groups is 1. The van der Waals surface area contributed by atoms with Crippen LogP contribution in [0.1, 0.15) is 33.6 Å². The molecule has 0 spiro atoms. The Hall–Kier alpha value is -0.380. The van der Waals surface area contributed by atoms with Gasteiger partial charge in [0, 0.05) is 18.3 Å². The van der Waals surface area contributed by atoms with E-state index in [-0.39, 0.29) is 11.7 Å². The lowest BCUT2D eigenvalue weighted by Crippen LogP contribution is -2.40. The maximum atomic E-state index is 11.8. The van der Waals surface area contributed by atoms with Gasteiger partial charge in [0.05, 0.1) is 0 Å². The molecule has 0 saturated carbocycles. The monoisotopic (exact) mass is 231 g/mol. The molecule has 0 radical (unpaired) electrons. The summed E-state index contributed by atoms with van der Waals surface area (Å²) in [6, 6.07) is 0.370. The number of nitrogens with zero attached hydrogens (tertiary/aromatic N) is 1. The number of likely N-dealkylation sites (tertiary alicyclic amines) is 1. The quantitative estimate of drug-likeness (QED) is 0.732. The molecule has 1 saturated heterocycles. The average molecular weight is 231 g/mol. The summed E-state index contributed by atoms with van der Waals surface area (Å²) < 4.78 is 5.38. The van der Waals surface area contributed by atoms with Gasteiger partial charge in [-0.3, -0.25) is 0 Å². The Morgan fingerprint density at radius 3 is 2.73 bits per heavy atom. The molecule has 1 amide bonds. The van der Waals surface area contributed by atoms with Gasteiger partial charge in [-0.2, -0.15) is 11.8 Å². The zero-order valence-electron chi connectivity index (χ0n) is 10.1. The van der Waals surface area contributed by atoms with Gasteiger partial charge in [0.2, 0.25) is 0 Å². The zero-order valence-corrected chi connectivity index (χ0v) is 10.9. The molecular weight excluding hydrogens is 210 g/mol. The molecule has 1 fully saturated rings. The maximum Gasteiger partial charge on any atom is 0.410 e. The first-order valence-corrected chi connectivity index (χ1v) is 6.82. The average Bonchev–Trinajstić information content (AvgIpc) is 2.49. The summed E-state index contributed by atoms with van der Waals surface area (Å²) in [6.07, 6.45) is 4.13. The summed E-state index contributed by atoms with van der Waals surface area (Å²) in [5.41, 5.74) is -0.385. The molecule has 0 bridgehead atoms. The molecule has 0 aromatic rings. The summed E-state index contributed by atoms with van der Waals surface area (Å²) in [4.78, 5) is 13.7. The minimum absolute atomic E-state index is 0.154. The van der Waals surface area contributed by atoms with Crippen molar-refractivity contribution in [3.63, 3.8) is 0 Å². The third kappa shape index (κ3) is 3.93. The lowest BCUT2D eigenvalue weighted by atomic mass is 10.2. The lowest BCUT2D eigenvalue weighted by Gasteiger charge is -2.28. The van der Waals surface area contributed by atoms with Crippen LogP contribution in [-0.4, -0.2) is 41.2 Å². The molecule has 15 heavy (non-hydrogen) atoms. The van der Waals surface area contributed by atoms with Crippen LogP contribution >= 0.6 is 11.8 Å². The van der Waals surface area contributed by atoms with Gasteiger partial charge in [-0.05, 0) is 39.9 Å². The summed E-state index contributed by atoms with van der Waals surface area (Å²) >= 11 is 1.79. The summed E-state index contributed by atoms with van der Waals surface area (Å²) in [7, 11) is 0. The van der Waals surface area contributed by atoms with Gasteiger partial charge in [0.1, 0.15) is 5.60 Å². The minimum Gasteiger partial charge on any atom is -0.444 e. The minimum atomic E-state index is -0.385. The van der Waals surface area contributed by atoms with Crippen molar-refractivity contribution < 1.29 is 9.53 Å². The predicted molar refractivity (Wildman–Crippen MR) is 64.3 cm³/mol. The first-order valence-electron chi connectivity index (χ1n) is 5.42. The molecule has 0 unspecified atom stereocenters. The smallest absolute Gasteiger partial charge is 0.410 e. The van der Waals surface area contributed by atoms with Crippen LogP contribution in [-0.2, 0) is 4.74 Å². The number of hydrogen-bond acceptors (Lipinski definition) is 3. The second-order valence-electron chi connectivity index (χ2n) is 4.93. The van der Waals surface area contributed by atoms with Gasteiger partial charge < -0.3 is 9.64 Å². The van der Waals surface area contributed by atoms with Crippen LogP contribution in [0.15, 0.2) is 0 Å². The highest BCUT2D eigenvalue weighted by Crippen LogP contribution is 2.22. The third-order valence-electron chi connectivity index (χ3n) is 2.36. The van der Waals surface area contributed by atoms with E-state index in [9.17, 15) is 4.79 Å². The van der Waals surface area contributed by atoms with E-state index >= 15 is 0 Å². The van der Waals surface area contributed by atoms with E-state index in [1.807, 2.05) is 25.7 Å². The predicted octanol–water partition coefficient (Wildman–Crippen LogP) is 2.75. The molecule has 1 atom stereocenters. The summed E-state index contributed by atoms with van der Waals surface area (Å²) in [5.74, 6) is 1.01. The molecule has 0 N–H and O–H groups in total. The van der Waals surface area contributed by atoms with Crippen LogP contribution in [0.4, 0.5) is 4.79 Å². The normalized spacial score (nSPS) is 21.9. The fourth-order valence-corrected chi connectivity index (χ4v) is 2.49. The van der Waals surface area contributed by atoms with Crippen LogP contribution < -0.4 is 0 Å². The Balaban J connectivity index is 2.51. The first kappa shape index (κ1) is 12.7. The van der Waals surface area contributed by atoms with E-state index in [0.29, 0.717) is 6.04 Å². The molecular formula is C11H21NO2S. The van der Waals surface area contributed by atoms with E-state index < -0.39 is 0 Å². The van der Waals surface area contributed by atoms with Crippen molar-refractivity contribution in [2.75, 3.05) is 18.6 Å². The second-order valence-corrected chi connectivity index (χ2v) is 5.84. The van der Waals surface area contributed by atoms with Crippen molar-refractivity contribution in [2.45, 2.75) is 45.3 Å². The molecule has 0 aromatic heterocycles. The molecule has 3 nitrogen and oxygen atoms in total.